The number of unbranched alkanes of at least 4 members (excludes halogenated alkanes) is 1. The Balaban J connectivity index is 2.75. The van der Waals surface area contributed by atoms with Crippen molar-refractivity contribution in [3.63, 3.8) is 0 Å². The molecular weight excluding hydrogens is 220 g/mol. The predicted molar refractivity (Wildman–Crippen MR) is 64.6 cm³/mol. The van der Waals surface area contributed by atoms with E-state index in [1.807, 2.05) is 6.92 Å². The van der Waals surface area contributed by atoms with Crippen molar-refractivity contribution in [3.05, 3.63) is 35.6 Å². The summed E-state index contributed by atoms with van der Waals surface area (Å²) in [7, 11) is 0. The lowest BCUT2D eigenvalue weighted by Gasteiger charge is -2.05. The van der Waals surface area contributed by atoms with E-state index in [2.05, 4.69) is 0 Å². The molecule has 1 rings (SSSR count). The van der Waals surface area contributed by atoms with E-state index < -0.39 is 5.97 Å². The SMILES string of the molecule is CCCCOC(=Cc1ccc(O)cc1)C(=O)O. The molecule has 4 heteroatoms. The fourth-order valence-electron chi connectivity index (χ4n) is 1.21. The number of carboxylic acids is 1. The van der Waals surface area contributed by atoms with Crippen molar-refractivity contribution in [2.24, 2.45) is 0 Å². The minimum Gasteiger partial charge on any atom is -0.508 e. The zero-order valence-corrected chi connectivity index (χ0v) is 9.72. The van der Waals surface area contributed by atoms with Gasteiger partial charge in [-0.05, 0) is 30.2 Å². The molecule has 0 aliphatic carbocycles. The minimum absolute atomic E-state index is 0.0795. The van der Waals surface area contributed by atoms with Gasteiger partial charge in [0.25, 0.3) is 0 Å². The second-order valence-electron chi connectivity index (χ2n) is 3.61. The van der Waals surface area contributed by atoms with Gasteiger partial charge in [0.1, 0.15) is 5.75 Å². The number of rotatable bonds is 6. The highest BCUT2D eigenvalue weighted by Crippen LogP contribution is 2.13. The summed E-state index contributed by atoms with van der Waals surface area (Å²) in [6.07, 6.45) is 3.21. The van der Waals surface area contributed by atoms with Crippen molar-refractivity contribution in [3.8, 4) is 5.75 Å². The second kappa shape index (κ2) is 6.58. The summed E-state index contributed by atoms with van der Waals surface area (Å²) >= 11 is 0. The third-order valence-corrected chi connectivity index (χ3v) is 2.16. The number of hydrogen-bond acceptors (Lipinski definition) is 3. The molecule has 0 atom stereocenters. The number of aliphatic carboxylic acids is 1. The monoisotopic (exact) mass is 236 g/mol. The molecule has 17 heavy (non-hydrogen) atoms. The lowest BCUT2D eigenvalue weighted by atomic mass is 10.2. The molecule has 0 radical (unpaired) electrons. The first kappa shape index (κ1) is 13.1. The first-order chi connectivity index (χ1) is 8.13. The van der Waals surface area contributed by atoms with Crippen LogP contribution in [0.15, 0.2) is 30.0 Å². The quantitative estimate of drug-likeness (QED) is 0.452. The van der Waals surface area contributed by atoms with E-state index in [1.165, 1.54) is 18.2 Å². The van der Waals surface area contributed by atoms with Gasteiger partial charge in [0.05, 0.1) is 6.61 Å². The maximum absolute atomic E-state index is 10.9. The fourth-order valence-corrected chi connectivity index (χ4v) is 1.21. The third-order valence-electron chi connectivity index (χ3n) is 2.16. The van der Waals surface area contributed by atoms with Crippen molar-refractivity contribution in [2.45, 2.75) is 19.8 Å². The van der Waals surface area contributed by atoms with Crippen LogP contribution in [0.2, 0.25) is 0 Å². The van der Waals surface area contributed by atoms with Crippen molar-refractivity contribution >= 4 is 12.0 Å². The van der Waals surface area contributed by atoms with Gasteiger partial charge in [0.15, 0.2) is 0 Å². The Morgan fingerprint density at radius 3 is 2.53 bits per heavy atom. The molecule has 0 bridgehead atoms. The second-order valence-corrected chi connectivity index (χ2v) is 3.61. The highest BCUT2D eigenvalue weighted by molar-refractivity contribution is 5.89. The van der Waals surface area contributed by atoms with Gasteiger partial charge < -0.3 is 14.9 Å². The molecule has 2 N–H and O–H groups in total. The van der Waals surface area contributed by atoms with Gasteiger partial charge in [0.2, 0.25) is 5.76 Å². The Kier molecular flexibility index (Phi) is 5.07. The molecule has 0 saturated heterocycles. The van der Waals surface area contributed by atoms with Crippen LogP contribution < -0.4 is 0 Å². The van der Waals surface area contributed by atoms with Crippen LogP contribution in [0, 0.1) is 0 Å². The lowest BCUT2D eigenvalue weighted by Crippen LogP contribution is -2.05. The van der Waals surface area contributed by atoms with Gasteiger partial charge in [-0.25, -0.2) is 4.79 Å². The van der Waals surface area contributed by atoms with E-state index in [4.69, 9.17) is 14.9 Å². The Bertz CT molecular complexity index is 392. The molecule has 0 spiro atoms. The molecule has 0 amide bonds. The van der Waals surface area contributed by atoms with Crippen molar-refractivity contribution in [2.75, 3.05) is 6.61 Å². The molecule has 0 heterocycles. The third kappa shape index (κ3) is 4.59. The summed E-state index contributed by atoms with van der Waals surface area (Å²) in [4.78, 5) is 10.9. The number of phenols is 1. The van der Waals surface area contributed by atoms with Crippen molar-refractivity contribution < 1.29 is 19.7 Å². The molecule has 1 aromatic carbocycles. The van der Waals surface area contributed by atoms with E-state index in [1.54, 1.807) is 12.1 Å². The van der Waals surface area contributed by atoms with Crippen molar-refractivity contribution in [1.82, 2.24) is 0 Å². The highest BCUT2D eigenvalue weighted by Gasteiger charge is 2.08. The lowest BCUT2D eigenvalue weighted by molar-refractivity contribution is -0.136. The number of carboxylic acid groups (broad SMARTS) is 1. The molecular formula is C13H16O4. The molecule has 4 nitrogen and oxygen atoms in total. The number of benzene rings is 1. The van der Waals surface area contributed by atoms with E-state index in [-0.39, 0.29) is 11.5 Å². The zero-order valence-electron chi connectivity index (χ0n) is 9.72. The highest BCUT2D eigenvalue weighted by atomic mass is 16.5. The summed E-state index contributed by atoms with van der Waals surface area (Å²) in [5.74, 6) is -1.02. The number of aromatic hydroxyl groups is 1. The standard InChI is InChI=1S/C13H16O4/c1-2-3-8-17-12(13(15)16)9-10-4-6-11(14)7-5-10/h4-7,9,14H,2-3,8H2,1H3,(H,15,16). The molecule has 0 aliphatic heterocycles. The Labute approximate surface area is 100 Å². The summed E-state index contributed by atoms with van der Waals surface area (Å²) in [5.41, 5.74) is 0.677. The van der Waals surface area contributed by atoms with Crippen molar-refractivity contribution in [1.29, 1.82) is 0 Å². The van der Waals surface area contributed by atoms with Gasteiger partial charge in [-0.2, -0.15) is 0 Å². The summed E-state index contributed by atoms with van der Waals surface area (Å²) in [5, 5.41) is 18.1. The number of hydrogen-bond donors (Lipinski definition) is 2. The van der Waals surface area contributed by atoms with E-state index in [0.29, 0.717) is 12.2 Å². The predicted octanol–water partition coefficient (Wildman–Crippen LogP) is 2.63. The maximum atomic E-state index is 10.9. The molecule has 0 aliphatic rings. The first-order valence-electron chi connectivity index (χ1n) is 5.50. The number of ether oxygens (including phenoxy) is 1. The van der Waals surface area contributed by atoms with Crippen LogP contribution in [0.5, 0.6) is 5.75 Å². The van der Waals surface area contributed by atoms with Gasteiger partial charge in [-0.15, -0.1) is 0 Å². The van der Waals surface area contributed by atoms with E-state index in [0.717, 1.165) is 12.8 Å². The maximum Gasteiger partial charge on any atom is 0.371 e. The van der Waals surface area contributed by atoms with Crippen LogP contribution in [-0.4, -0.2) is 22.8 Å². The van der Waals surface area contributed by atoms with Crippen LogP contribution in [0.4, 0.5) is 0 Å². The summed E-state index contributed by atoms with van der Waals surface area (Å²) in [6.45, 7) is 2.40. The fraction of sp³-hybridized carbons (Fsp3) is 0.308. The smallest absolute Gasteiger partial charge is 0.371 e. The first-order valence-corrected chi connectivity index (χ1v) is 5.50. The molecule has 0 aromatic heterocycles. The molecule has 1 aromatic rings. The Hall–Kier alpha value is -1.97. The number of carbonyl (C=O) groups is 1. The van der Waals surface area contributed by atoms with Crippen LogP contribution in [0.25, 0.3) is 6.08 Å². The van der Waals surface area contributed by atoms with E-state index >= 15 is 0 Å². The average Bonchev–Trinajstić information content (AvgIpc) is 2.30. The molecule has 0 fully saturated rings. The topological polar surface area (TPSA) is 66.8 Å². The van der Waals surface area contributed by atoms with Gasteiger partial charge in [-0.1, -0.05) is 25.5 Å². The van der Waals surface area contributed by atoms with E-state index in [9.17, 15) is 4.79 Å². The van der Waals surface area contributed by atoms with Gasteiger partial charge >= 0.3 is 5.97 Å². The molecule has 92 valence electrons. The van der Waals surface area contributed by atoms with Crippen LogP contribution in [-0.2, 0) is 9.53 Å². The summed E-state index contributed by atoms with van der Waals surface area (Å²) < 4.78 is 5.18. The minimum atomic E-state index is -1.09. The molecule has 0 saturated carbocycles. The van der Waals surface area contributed by atoms with Crippen LogP contribution in [0.3, 0.4) is 0 Å². The number of phenolic OH excluding ortho intramolecular Hbond substituents is 1. The Morgan fingerprint density at radius 2 is 2.00 bits per heavy atom. The Morgan fingerprint density at radius 1 is 1.35 bits per heavy atom. The zero-order chi connectivity index (χ0) is 12.7. The largest absolute Gasteiger partial charge is 0.508 e. The molecule has 0 unspecified atom stereocenters. The summed E-state index contributed by atoms with van der Waals surface area (Å²) in [6, 6.07) is 6.25. The van der Waals surface area contributed by atoms with Gasteiger partial charge in [-0.3, -0.25) is 0 Å². The van der Waals surface area contributed by atoms with Crippen LogP contribution in [0.1, 0.15) is 25.3 Å². The average molecular weight is 236 g/mol. The van der Waals surface area contributed by atoms with Gasteiger partial charge in [0, 0.05) is 0 Å². The van der Waals surface area contributed by atoms with Crippen LogP contribution >= 0.6 is 0 Å². The normalized spacial score (nSPS) is 11.2.